The van der Waals surface area contributed by atoms with E-state index in [0.29, 0.717) is 25.3 Å². The van der Waals surface area contributed by atoms with Crippen LogP contribution in [0.1, 0.15) is 5.56 Å². The first-order valence-corrected chi connectivity index (χ1v) is 10.0. The van der Waals surface area contributed by atoms with Crippen LogP contribution in [0, 0.1) is 0 Å². The highest BCUT2D eigenvalue weighted by Gasteiger charge is 2.19. The maximum Gasteiger partial charge on any atom is 0.387 e. The summed E-state index contributed by atoms with van der Waals surface area (Å²) in [5, 5.41) is 0. The van der Waals surface area contributed by atoms with Gasteiger partial charge in [-0.15, -0.1) is 0 Å². The third kappa shape index (κ3) is 6.96. The van der Waals surface area contributed by atoms with Crippen LogP contribution in [0.4, 0.5) is 8.78 Å². The zero-order valence-corrected chi connectivity index (χ0v) is 17.4. The molecule has 0 spiro atoms. The summed E-state index contributed by atoms with van der Waals surface area (Å²) in [5.74, 6) is 1.47. The Hall–Kier alpha value is -3.13. The van der Waals surface area contributed by atoms with Gasteiger partial charge >= 0.3 is 6.61 Å². The molecule has 0 radical (unpaired) electrons. The fraction of sp³-hybridized carbons (Fsp3) is 0.348. The molecule has 0 aliphatic carbocycles. The molecule has 0 N–H and O–H groups in total. The number of para-hydroxylation sites is 1. The number of piperazine rings is 1. The summed E-state index contributed by atoms with van der Waals surface area (Å²) in [6.07, 6.45) is 2.91. The minimum atomic E-state index is -2.91. The maximum atomic E-state index is 12.5. The molecule has 0 aromatic heterocycles. The lowest BCUT2D eigenvalue weighted by Crippen LogP contribution is -2.49. The van der Waals surface area contributed by atoms with Crippen molar-refractivity contribution in [2.45, 2.75) is 6.61 Å². The van der Waals surface area contributed by atoms with Crippen molar-refractivity contribution in [3.05, 3.63) is 60.2 Å². The summed E-state index contributed by atoms with van der Waals surface area (Å²) in [7, 11) is 1.62. The molecule has 0 unspecified atom stereocenters. The van der Waals surface area contributed by atoms with Gasteiger partial charge in [0.1, 0.15) is 23.9 Å². The fourth-order valence-corrected chi connectivity index (χ4v) is 3.24. The fourth-order valence-electron chi connectivity index (χ4n) is 3.24. The van der Waals surface area contributed by atoms with E-state index >= 15 is 0 Å². The van der Waals surface area contributed by atoms with E-state index in [1.165, 1.54) is 18.2 Å². The molecule has 1 fully saturated rings. The van der Waals surface area contributed by atoms with Gasteiger partial charge in [-0.1, -0.05) is 18.2 Å². The SMILES string of the molecule is COc1ccc(OCCN2CCN(C(=O)/C=C/c3ccccc3OC(F)F)CC2)cc1. The largest absolute Gasteiger partial charge is 0.497 e. The number of rotatable bonds is 9. The molecule has 0 atom stereocenters. The summed E-state index contributed by atoms with van der Waals surface area (Å²) in [4.78, 5) is 16.4. The molecule has 8 heteroatoms. The number of hydrogen-bond donors (Lipinski definition) is 0. The van der Waals surface area contributed by atoms with Gasteiger partial charge in [0.15, 0.2) is 0 Å². The molecular weight excluding hydrogens is 406 g/mol. The lowest BCUT2D eigenvalue weighted by Gasteiger charge is -2.34. The van der Waals surface area contributed by atoms with Crippen molar-refractivity contribution in [2.75, 3.05) is 46.4 Å². The smallest absolute Gasteiger partial charge is 0.387 e. The first-order valence-electron chi connectivity index (χ1n) is 10.0. The first-order chi connectivity index (χ1) is 15.0. The van der Waals surface area contributed by atoms with Gasteiger partial charge in [0.05, 0.1) is 7.11 Å². The summed E-state index contributed by atoms with van der Waals surface area (Å²) in [6, 6.07) is 13.8. The second-order valence-corrected chi connectivity index (χ2v) is 6.94. The van der Waals surface area contributed by atoms with Crippen molar-refractivity contribution >= 4 is 12.0 Å². The predicted octanol–water partition coefficient (Wildman–Crippen LogP) is 3.53. The minimum absolute atomic E-state index is 0.0447. The molecule has 2 aromatic carbocycles. The Morgan fingerprint density at radius 1 is 1.03 bits per heavy atom. The van der Waals surface area contributed by atoms with Gasteiger partial charge in [-0.25, -0.2) is 0 Å². The summed E-state index contributed by atoms with van der Waals surface area (Å²) in [5.41, 5.74) is 0.436. The molecule has 1 heterocycles. The molecule has 3 rings (SSSR count). The van der Waals surface area contributed by atoms with Gasteiger partial charge in [0.2, 0.25) is 5.91 Å². The number of amides is 1. The van der Waals surface area contributed by atoms with E-state index in [1.807, 2.05) is 24.3 Å². The number of benzene rings is 2. The average Bonchev–Trinajstić information content (AvgIpc) is 2.79. The molecule has 2 aromatic rings. The van der Waals surface area contributed by atoms with Crippen LogP contribution >= 0.6 is 0 Å². The number of alkyl halides is 2. The van der Waals surface area contributed by atoms with E-state index in [1.54, 1.807) is 30.2 Å². The van der Waals surface area contributed by atoms with Gasteiger partial charge in [0, 0.05) is 44.4 Å². The van der Waals surface area contributed by atoms with Gasteiger partial charge < -0.3 is 19.1 Å². The quantitative estimate of drug-likeness (QED) is 0.568. The first kappa shape index (κ1) is 22.6. The topological polar surface area (TPSA) is 51.2 Å². The Kier molecular flexibility index (Phi) is 8.23. The van der Waals surface area contributed by atoms with Crippen molar-refractivity contribution < 1.29 is 27.8 Å². The molecule has 1 amide bonds. The van der Waals surface area contributed by atoms with Gasteiger partial charge in [-0.3, -0.25) is 9.69 Å². The number of methoxy groups -OCH3 is 1. The number of nitrogens with zero attached hydrogens (tertiary/aromatic N) is 2. The summed E-state index contributed by atoms with van der Waals surface area (Å²) >= 11 is 0. The highest BCUT2D eigenvalue weighted by molar-refractivity contribution is 5.92. The van der Waals surface area contributed by atoms with E-state index < -0.39 is 6.61 Å². The average molecular weight is 432 g/mol. The van der Waals surface area contributed by atoms with E-state index in [4.69, 9.17) is 9.47 Å². The normalized spacial score (nSPS) is 14.8. The van der Waals surface area contributed by atoms with E-state index in [2.05, 4.69) is 9.64 Å². The number of halogens is 2. The van der Waals surface area contributed by atoms with Crippen LogP contribution in [0.2, 0.25) is 0 Å². The van der Waals surface area contributed by atoms with E-state index in [9.17, 15) is 13.6 Å². The van der Waals surface area contributed by atoms with Crippen LogP contribution in [-0.4, -0.2) is 68.8 Å². The second kappa shape index (κ2) is 11.3. The van der Waals surface area contributed by atoms with E-state index in [0.717, 1.165) is 31.1 Å². The van der Waals surface area contributed by atoms with Crippen molar-refractivity contribution in [3.8, 4) is 17.2 Å². The molecule has 0 bridgehead atoms. The Morgan fingerprint density at radius 2 is 1.71 bits per heavy atom. The lowest BCUT2D eigenvalue weighted by atomic mass is 10.2. The number of carbonyl (C=O) groups is 1. The van der Waals surface area contributed by atoms with Gasteiger partial charge in [-0.05, 0) is 36.4 Å². The minimum Gasteiger partial charge on any atom is -0.497 e. The Morgan fingerprint density at radius 3 is 2.39 bits per heavy atom. The Labute approximate surface area is 180 Å². The van der Waals surface area contributed by atoms with Crippen LogP contribution in [0.3, 0.4) is 0 Å². The molecule has 31 heavy (non-hydrogen) atoms. The highest BCUT2D eigenvalue weighted by atomic mass is 19.3. The van der Waals surface area contributed by atoms with E-state index in [-0.39, 0.29) is 11.7 Å². The van der Waals surface area contributed by atoms with Crippen molar-refractivity contribution in [2.24, 2.45) is 0 Å². The van der Waals surface area contributed by atoms with Crippen LogP contribution in [-0.2, 0) is 4.79 Å². The summed E-state index contributed by atoms with van der Waals surface area (Å²) < 4.78 is 40.4. The summed E-state index contributed by atoms with van der Waals surface area (Å²) in [6.45, 7) is 1.10. The van der Waals surface area contributed by atoms with Crippen LogP contribution in [0.15, 0.2) is 54.6 Å². The molecule has 1 saturated heterocycles. The van der Waals surface area contributed by atoms with Crippen LogP contribution in [0.25, 0.3) is 6.08 Å². The van der Waals surface area contributed by atoms with Gasteiger partial charge in [-0.2, -0.15) is 8.78 Å². The third-order valence-electron chi connectivity index (χ3n) is 4.96. The molecule has 6 nitrogen and oxygen atoms in total. The van der Waals surface area contributed by atoms with Crippen molar-refractivity contribution in [3.63, 3.8) is 0 Å². The zero-order chi connectivity index (χ0) is 22.1. The zero-order valence-electron chi connectivity index (χ0n) is 17.4. The number of hydrogen-bond acceptors (Lipinski definition) is 5. The highest BCUT2D eigenvalue weighted by Crippen LogP contribution is 2.22. The molecule has 1 aliphatic rings. The van der Waals surface area contributed by atoms with Gasteiger partial charge in [0.25, 0.3) is 0 Å². The maximum absolute atomic E-state index is 12.5. The number of ether oxygens (including phenoxy) is 3. The molecule has 0 saturated carbocycles. The third-order valence-corrected chi connectivity index (χ3v) is 4.96. The predicted molar refractivity (Wildman–Crippen MR) is 114 cm³/mol. The molecule has 166 valence electrons. The lowest BCUT2D eigenvalue weighted by molar-refractivity contribution is -0.127. The van der Waals surface area contributed by atoms with Crippen molar-refractivity contribution in [1.29, 1.82) is 0 Å². The molecule has 1 aliphatic heterocycles. The van der Waals surface area contributed by atoms with Crippen LogP contribution < -0.4 is 14.2 Å². The van der Waals surface area contributed by atoms with Crippen molar-refractivity contribution in [1.82, 2.24) is 9.80 Å². The van der Waals surface area contributed by atoms with Crippen LogP contribution in [0.5, 0.6) is 17.2 Å². The monoisotopic (exact) mass is 432 g/mol. The second-order valence-electron chi connectivity index (χ2n) is 6.94. The number of carbonyl (C=O) groups excluding carboxylic acids is 1. The Balaban J connectivity index is 1.42. The standard InChI is InChI=1S/C23H26F2N2O4/c1-29-19-7-9-20(10-8-19)30-17-16-26-12-14-27(15-13-26)22(28)11-6-18-4-2-3-5-21(18)31-23(24)25/h2-11,23H,12-17H2,1H3/b11-6+. The Bertz CT molecular complexity index is 866. The molecular formula is C23H26F2N2O4.